The molecule has 2 aliphatic heterocycles. The number of halogens is 1. The summed E-state index contributed by atoms with van der Waals surface area (Å²) in [5, 5.41) is 8.02. The highest BCUT2D eigenvalue weighted by molar-refractivity contribution is 6.32. The molecule has 8 nitrogen and oxygen atoms in total. The van der Waals surface area contributed by atoms with Gasteiger partial charge in [-0.3, -0.25) is 9.89 Å². The lowest BCUT2D eigenvalue weighted by molar-refractivity contribution is 0.169. The first-order chi connectivity index (χ1) is 14.7. The molecule has 0 saturated carbocycles. The Bertz CT molecular complexity index is 851. The molecule has 0 aliphatic carbocycles. The van der Waals surface area contributed by atoms with E-state index in [1.54, 1.807) is 6.26 Å². The van der Waals surface area contributed by atoms with Crippen LogP contribution in [0.4, 0.5) is 0 Å². The summed E-state index contributed by atoms with van der Waals surface area (Å²) < 4.78 is 16.2. The minimum absolute atomic E-state index is 0.536. The minimum atomic E-state index is 0.536. The van der Waals surface area contributed by atoms with Gasteiger partial charge in [0, 0.05) is 51.9 Å². The highest BCUT2D eigenvalue weighted by Gasteiger charge is 2.20. The Morgan fingerprint density at radius 2 is 2.03 bits per heavy atom. The molecule has 1 aromatic carbocycles. The van der Waals surface area contributed by atoms with Crippen molar-refractivity contribution in [2.45, 2.75) is 19.9 Å². The van der Waals surface area contributed by atoms with Crippen molar-refractivity contribution in [2.24, 2.45) is 4.99 Å². The van der Waals surface area contributed by atoms with Crippen molar-refractivity contribution < 1.29 is 14.0 Å². The normalized spacial score (nSPS) is 17.3. The van der Waals surface area contributed by atoms with Gasteiger partial charge in [0.2, 0.25) is 0 Å². The minimum Gasteiger partial charge on any atom is -0.486 e. The Hall–Kier alpha value is -2.45. The molecule has 1 fully saturated rings. The highest BCUT2D eigenvalue weighted by atomic mass is 35.5. The van der Waals surface area contributed by atoms with Crippen molar-refractivity contribution in [3.63, 3.8) is 0 Å². The van der Waals surface area contributed by atoms with Gasteiger partial charge in [-0.2, -0.15) is 0 Å². The predicted octanol–water partition coefficient (Wildman–Crippen LogP) is 2.43. The number of piperazine rings is 1. The fourth-order valence-corrected chi connectivity index (χ4v) is 3.98. The molecular formula is C21H28ClN5O3. The van der Waals surface area contributed by atoms with Crippen molar-refractivity contribution in [2.75, 3.05) is 52.5 Å². The molecule has 9 heteroatoms. The predicted molar refractivity (Wildman–Crippen MR) is 115 cm³/mol. The topological polar surface area (TPSA) is 75.4 Å². The summed E-state index contributed by atoms with van der Waals surface area (Å²) in [6, 6.07) is 5.87. The number of ether oxygens (including phenoxy) is 2. The van der Waals surface area contributed by atoms with E-state index in [0.29, 0.717) is 30.5 Å². The summed E-state index contributed by atoms with van der Waals surface area (Å²) in [6.07, 6.45) is 2.41. The highest BCUT2D eigenvalue weighted by Crippen LogP contribution is 2.38. The van der Waals surface area contributed by atoms with E-state index in [2.05, 4.69) is 27.2 Å². The Balaban J connectivity index is 1.32. The molecule has 162 valence electrons. The van der Waals surface area contributed by atoms with Crippen LogP contribution >= 0.6 is 11.6 Å². The van der Waals surface area contributed by atoms with Crippen LogP contribution in [0.3, 0.4) is 0 Å². The molecule has 3 heterocycles. The second-order valence-corrected chi connectivity index (χ2v) is 7.75. The van der Waals surface area contributed by atoms with Crippen LogP contribution in [0, 0.1) is 0 Å². The van der Waals surface area contributed by atoms with E-state index in [9.17, 15) is 0 Å². The molecule has 30 heavy (non-hydrogen) atoms. The fourth-order valence-electron chi connectivity index (χ4n) is 3.69. The van der Waals surface area contributed by atoms with Gasteiger partial charge < -0.3 is 24.2 Å². The first kappa shape index (κ1) is 20.8. The molecule has 2 aliphatic rings. The van der Waals surface area contributed by atoms with Crippen LogP contribution in [-0.4, -0.2) is 73.4 Å². The summed E-state index contributed by atoms with van der Waals surface area (Å²) in [5.74, 6) is 2.33. The van der Waals surface area contributed by atoms with Gasteiger partial charge in [-0.1, -0.05) is 16.8 Å². The van der Waals surface area contributed by atoms with Gasteiger partial charge in [0.1, 0.15) is 19.5 Å². The zero-order chi connectivity index (χ0) is 20.8. The lowest BCUT2D eigenvalue weighted by Crippen LogP contribution is -2.52. The van der Waals surface area contributed by atoms with Gasteiger partial charge >= 0.3 is 0 Å². The zero-order valence-corrected chi connectivity index (χ0v) is 18.0. The first-order valence-corrected chi connectivity index (χ1v) is 10.8. The maximum atomic E-state index is 6.35. The molecule has 1 aromatic heterocycles. The number of aromatic nitrogens is 1. The third kappa shape index (κ3) is 5.17. The molecule has 0 bridgehead atoms. The zero-order valence-electron chi connectivity index (χ0n) is 17.3. The largest absolute Gasteiger partial charge is 0.486 e. The van der Waals surface area contributed by atoms with Crippen molar-refractivity contribution in [3.8, 4) is 11.5 Å². The van der Waals surface area contributed by atoms with Crippen LogP contribution in [0.25, 0.3) is 0 Å². The van der Waals surface area contributed by atoms with Crippen molar-refractivity contribution in [1.29, 1.82) is 0 Å². The van der Waals surface area contributed by atoms with E-state index in [0.717, 1.165) is 68.7 Å². The molecule has 0 atom stereocenters. The molecule has 4 rings (SSSR count). The lowest BCUT2D eigenvalue weighted by Gasteiger charge is -2.36. The van der Waals surface area contributed by atoms with E-state index in [4.69, 9.17) is 30.6 Å². The Labute approximate surface area is 181 Å². The number of guanidine groups is 1. The van der Waals surface area contributed by atoms with Crippen LogP contribution in [-0.2, 0) is 13.0 Å². The molecular weight excluding hydrogens is 406 g/mol. The Morgan fingerprint density at radius 3 is 2.80 bits per heavy atom. The molecule has 2 aromatic rings. The van der Waals surface area contributed by atoms with Crippen molar-refractivity contribution in [1.82, 2.24) is 20.3 Å². The van der Waals surface area contributed by atoms with Gasteiger partial charge in [-0.15, -0.1) is 0 Å². The molecule has 0 spiro atoms. The standard InChI is InChI=1S/C21H28ClN5O3/c1-2-23-21(27-8-6-26(7-9-27)15-17-4-10-30-25-17)24-5-3-16-13-18(22)20-19(14-16)28-11-12-29-20/h4,10,13-14H,2-3,5-9,11-12,15H2,1H3,(H,23,24). The number of hydrogen-bond donors (Lipinski definition) is 1. The second kappa shape index (κ2) is 10.0. The molecule has 1 saturated heterocycles. The summed E-state index contributed by atoms with van der Waals surface area (Å²) in [4.78, 5) is 9.55. The van der Waals surface area contributed by atoms with Crippen LogP contribution in [0.1, 0.15) is 18.2 Å². The first-order valence-electron chi connectivity index (χ1n) is 10.5. The number of rotatable bonds is 6. The van der Waals surface area contributed by atoms with E-state index in [1.807, 2.05) is 18.2 Å². The summed E-state index contributed by atoms with van der Waals surface area (Å²) in [5.41, 5.74) is 2.07. The van der Waals surface area contributed by atoms with Gasteiger partial charge in [-0.25, -0.2) is 0 Å². The van der Waals surface area contributed by atoms with Crippen LogP contribution in [0.2, 0.25) is 5.02 Å². The molecule has 0 amide bonds. The smallest absolute Gasteiger partial charge is 0.194 e. The van der Waals surface area contributed by atoms with Gasteiger partial charge in [-0.05, 0) is 31.0 Å². The van der Waals surface area contributed by atoms with Gasteiger partial charge in [0.05, 0.1) is 10.7 Å². The quantitative estimate of drug-likeness (QED) is 0.553. The third-order valence-electron chi connectivity index (χ3n) is 5.20. The number of benzene rings is 1. The number of hydrogen-bond acceptors (Lipinski definition) is 6. The maximum Gasteiger partial charge on any atom is 0.194 e. The average Bonchev–Trinajstić information content (AvgIpc) is 3.27. The Morgan fingerprint density at radius 1 is 1.20 bits per heavy atom. The average molecular weight is 434 g/mol. The SMILES string of the molecule is CCNC(=NCCc1cc(Cl)c2c(c1)OCCO2)N1CCN(Cc2ccon2)CC1. The number of nitrogens with one attached hydrogen (secondary N) is 1. The van der Waals surface area contributed by atoms with Gasteiger partial charge in [0.25, 0.3) is 0 Å². The van der Waals surface area contributed by atoms with Crippen LogP contribution < -0.4 is 14.8 Å². The third-order valence-corrected chi connectivity index (χ3v) is 5.48. The molecule has 0 unspecified atom stereocenters. The van der Waals surface area contributed by atoms with Gasteiger partial charge in [0.15, 0.2) is 17.5 Å². The van der Waals surface area contributed by atoms with E-state index in [-0.39, 0.29) is 0 Å². The van der Waals surface area contributed by atoms with E-state index < -0.39 is 0 Å². The summed E-state index contributed by atoms with van der Waals surface area (Å²) in [7, 11) is 0. The monoisotopic (exact) mass is 433 g/mol. The van der Waals surface area contributed by atoms with E-state index >= 15 is 0 Å². The fraction of sp³-hybridized carbons (Fsp3) is 0.524. The van der Waals surface area contributed by atoms with E-state index in [1.165, 1.54) is 0 Å². The maximum absolute atomic E-state index is 6.35. The molecule has 1 N–H and O–H groups in total. The van der Waals surface area contributed by atoms with Crippen LogP contribution in [0.5, 0.6) is 11.5 Å². The summed E-state index contributed by atoms with van der Waals surface area (Å²) in [6.45, 7) is 9.32. The molecule has 0 radical (unpaired) electrons. The number of fused-ring (bicyclic) bond motifs is 1. The second-order valence-electron chi connectivity index (χ2n) is 7.34. The number of nitrogens with zero attached hydrogens (tertiary/aromatic N) is 4. The Kier molecular flexibility index (Phi) is 6.96. The van der Waals surface area contributed by atoms with Crippen LogP contribution in [0.15, 0.2) is 34.0 Å². The van der Waals surface area contributed by atoms with Crippen molar-refractivity contribution in [3.05, 3.63) is 40.7 Å². The summed E-state index contributed by atoms with van der Waals surface area (Å²) >= 11 is 6.35. The number of aliphatic imine (C=N–C) groups is 1. The lowest BCUT2D eigenvalue weighted by atomic mass is 10.1. The van der Waals surface area contributed by atoms with Crippen molar-refractivity contribution >= 4 is 17.6 Å².